The fourth-order valence-electron chi connectivity index (χ4n) is 4.48. The van der Waals surface area contributed by atoms with Crippen LogP contribution in [0.25, 0.3) is 22.2 Å². The van der Waals surface area contributed by atoms with Gasteiger partial charge in [0.2, 0.25) is 0 Å². The second kappa shape index (κ2) is 6.74. The summed E-state index contributed by atoms with van der Waals surface area (Å²) >= 11 is 0. The zero-order valence-electron chi connectivity index (χ0n) is 17.4. The molecule has 3 aromatic carbocycles. The van der Waals surface area contributed by atoms with E-state index in [-0.39, 0.29) is 0 Å². The van der Waals surface area contributed by atoms with Gasteiger partial charge in [-0.25, -0.2) is 8.42 Å². The van der Waals surface area contributed by atoms with E-state index in [4.69, 9.17) is 0 Å². The third-order valence-corrected chi connectivity index (χ3v) is 7.92. The molecule has 0 fully saturated rings. The first-order valence-corrected chi connectivity index (χ1v) is 11.6. The Morgan fingerprint density at radius 1 is 0.933 bits per heavy atom. The SMILES string of the molecule is Cc1ccc(S(=O)(=O)N(C)c2cc(C)c3c(c2)CCn2c-3cc3ccccc32)cc1. The smallest absolute Gasteiger partial charge is 0.264 e. The van der Waals surface area contributed by atoms with E-state index >= 15 is 0 Å². The van der Waals surface area contributed by atoms with Crippen LogP contribution in [0.1, 0.15) is 16.7 Å². The van der Waals surface area contributed by atoms with Crippen molar-refractivity contribution in [2.75, 3.05) is 11.4 Å². The maximum Gasteiger partial charge on any atom is 0.264 e. The Hall–Kier alpha value is -3.05. The molecule has 0 aliphatic carbocycles. The summed E-state index contributed by atoms with van der Waals surface area (Å²) in [7, 11) is -1.97. The molecule has 5 heteroatoms. The third kappa shape index (κ3) is 2.84. The second-order valence-corrected chi connectivity index (χ2v) is 10.0. The third-order valence-electron chi connectivity index (χ3n) is 6.12. The Kier molecular flexibility index (Phi) is 4.26. The summed E-state index contributed by atoms with van der Waals surface area (Å²) in [5.41, 5.74) is 7.73. The van der Waals surface area contributed by atoms with Gasteiger partial charge in [0.05, 0.1) is 10.6 Å². The summed E-state index contributed by atoms with van der Waals surface area (Å²) in [6.07, 6.45) is 0.883. The monoisotopic (exact) mass is 416 g/mol. The molecule has 0 atom stereocenters. The molecule has 5 rings (SSSR count). The summed E-state index contributed by atoms with van der Waals surface area (Å²) in [5, 5.41) is 1.24. The minimum atomic E-state index is -3.60. The van der Waals surface area contributed by atoms with Crippen LogP contribution in [0.2, 0.25) is 0 Å². The Bertz CT molecular complexity index is 1380. The minimum absolute atomic E-state index is 0.311. The molecule has 0 N–H and O–H groups in total. The topological polar surface area (TPSA) is 42.3 Å². The zero-order valence-corrected chi connectivity index (χ0v) is 18.2. The predicted octanol–water partition coefficient (Wildman–Crippen LogP) is 5.31. The highest BCUT2D eigenvalue weighted by atomic mass is 32.2. The summed E-state index contributed by atoms with van der Waals surface area (Å²) in [6, 6.07) is 21.7. The molecule has 1 aliphatic rings. The van der Waals surface area contributed by atoms with Gasteiger partial charge in [-0.15, -0.1) is 0 Å². The molecule has 0 spiro atoms. The Balaban J connectivity index is 1.60. The van der Waals surface area contributed by atoms with Crippen molar-refractivity contribution in [2.24, 2.45) is 0 Å². The lowest BCUT2D eigenvalue weighted by molar-refractivity contribution is 0.594. The summed E-state index contributed by atoms with van der Waals surface area (Å²) in [5.74, 6) is 0. The molecular weight excluding hydrogens is 392 g/mol. The molecule has 2 heterocycles. The zero-order chi connectivity index (χ0) is 21.0. The van der Waals surface area contributed by atoms with E-state index in [0.29, 0.717) is 10.6 Å². The first kappa shape index (κ1) is 18.9. The summed E-state index contributed by atoms with van der Waals surface area (Å²) in [4.78, 5) is 0.311. The second-order valence-electron chi connectivity index (χ2n) is 8.07. The quantitative estimate of drug-likeness (QED) is 0.454. The van der Waals surface area contributed by atoms with Crippen LogP contribution in [0.3, 0.4) is 0 Å². The fraction of sp³-hybridized carbons (Fsp3) is 0.200. The highest BCUT2D eigenvalue weighted by molar-refractivity contribution is 7.92. The Labute approximate surface area is 177 Å². The molecule has 0 unspecified atom stereocenters. The molecule has 152 valence electrons. The molecular formula is C25H24N2O2S. The molecule has 0 radical (unpaired) electrons. The van der Waals surface area contributed by atoms with Crippen LogP contribution >= 0.6 is 0 Å². The van der Waals surface area contributed by atoms with Gasteiger partial charge in [-0.1, -0.05) is 35.9 Å². The van der Waals surface area contributed by atoms with Gasteiger partial charge in [0, 0.05) is 35.8 Å². The number of nitrogens with zero attached hydrogens (tertiary/aromatic N) is 2. The molecule has 1 aromatic heterocycles. The number of sulfonamides is 1. The molecule has 1 aliphatic heterocycles. The highest BCUT2D eigenvalue weighted by Crippen LogP contribution is 2.39. The first-order valence-electron chi connectivity index (χ1n) is 10.1. The van der Waals surface area contributed by atoms with E-state index in [1.54, 1.807) is 19.2 Å². The van der Waals surface area contributed by atoms with Crippen LogP contribution in [-0.4, -0.2) is 20.0 Å². The Morgan fingerprint density at radius 3 is 2.43 bits per heavy atom. The molecule has 0 bridgehead atoms. The van der Waals surface area contributed by atoms with Crippen LogP contribution in [0, 0.1) is 13.8 Å². The number of benzene rings is 3. The van der Waals surface area contributed by atoms with E-state index in [1.807, 2.05) is 31.2 Å². The van der Waals surface area contributed by atoms with Crippen molar-refractivity contribution < 1.29 is 8.42 Å². The van der Waals surface area contributed by atoms with Crippen molar-refractivity contribution in [3.63, 3.8) is 0 Å². The first-order chi connectivity index (χ1) is 14.4. The van der Waals surface area contributed by atoms with Crippen molar-refractivity contribution in [3.05, 3.63) is 83.4 Å². The normalized spacial score (nSPS) is 13.2. The van der Waals surface area contributed by atoms with Crippen molar-refractivity contribution in [1.82, 2.24) is 4.57 Å². The Morgan fingerprint density at radius 2 is 1.67 bits per heavy atom. The van der Waals surface area contributed by atoms with Gasteiger partial charge in [0.1, 0.15) is 0 Å². The lowest BCUT2D eigenvalue weighted by Gasteiger charge is -2.26. The average Bonchev–Trinajstić information content (AvgIpc) is 3.11. The van der Waals surface area contributed by atoms with E-state index in [1.165, 1.54) is 32.0 Å². The van der Waals surface area contributed by atoms with E-state index in [9.17, 15) is 8.42 Å². The predicted molar refractivity (Wildman–Crippen MR) is 123 cm³/mol. The highest BCUT2D eigenvalue weighted by Gasteiger charge is 2.25. The van der Waals surface area contributed by atoms with Crippen molar-refractivity contribution in [2.45, 2.75) is 31.7 Å². The van der Waals surface area contributed by atoms with Crippen LogP contribution in [-0.2, 0) is 23.0 Å². The van der Waals surface area contributed by atoms with E-state index in [0.717, 1.165) is 24.1 Å². The molecule has 30 heavy (non-hydrogen) atoms. The number of fused-ring (bicyclic) bond motifs is 5. The van der Waals surface area contributed by atoms with Gasteiger partial charge in [0.25, 0.3) is 10.0 Å². The van der Waals surface area contributed by atoms with Crippen molar-refractivity contribution >= 4 is 26.6 Å². The van der Waals surface area contributed by atoms with Gasteiger partial charge in [-0.05, 0) is 67.8 Å². The largest absolute Gasteiger partial charge is 0.340 e. The standard InChI is InChI=1S/C25H24N2O2S/c1-17-8-10-22(11-9-17)30(28,29)26(3)21-14-18(2)25-20(15-21)12-13-27-23-7-5-4-6-19(23)16-24(25)27/h4-11,14-16H,12-13H2,1-3H3. The molecule has 0 saturated heterocycles. The summed E-state index contributed by atoms with van der Waals surface area (Å²) < 4.78 is 30.1. The van der Waals surface area contributed by atoms with Gasteiger partial charge < -0.3 is 4.57 Å². The van der Waals surface area contributed by atoms with Gasteiger partial charge in [0.15, 0.2) is 0 Å². The fourth-order valence-corrected chi connectivity index (χ4v) is 5.66. The average molecular weight is 417 g/mol. The van der Waals surface area contributed by atoms with Crippen molar-refractivity contribution in [1.29, 1.82) is 0 Å². The molecule has 0 amide bonds. The molecule has 4 aromatic rings. The van der Waals surface area contributed by atoms with E-state index in [2.05, 4.69) is 41.8 Å². The van der Waals surface area contributed by atoms with Crippen molar-refractivity contribution in [3.8, 4) is 11.3 Å². The minimum Gasteiger partial charge on any atom is -0.340 e. The maximum absolute atomic E-state index is 13.2. The van der Waals surface area contributed by atoms with Gasteiger partial charge in [-0.3, -0.25) is 4.31 Å². The lowest BCUT2D eigenvalue weighted by Crippen LogP contribution is -2.27. The van der Waals surface area contributed by atoms with Gasteiger partial charge in [-0.2, -0.15) is 0 Å². The summed E-state index contributed by atoms with van der Waals surface area (Å²) in [6.45, 7) is 4.92. The van der Waals surface area contributed by atoms with Gasteiger partial charge >= 0.3 is 0 Å². The number of anilines is 1. The number of hydrogen-bond donors (Lipinski definition) is 0. The van der Waals surface area contributed by atoms with Crippen LogP contribution < -0.4 is 4.31 Å². The number of hydrogen-bond acceptors (Lipinski definition) is 2. The molecule has 4 nitrogen and oxygen atoms in total. The number of aromatic nitrogens is 1. The van der Waals surface area contributed by atoms with Crippen LogP contribution in [0.4, 0.5) is 5.69 Å². The number of para-hydroxylation sites is 1. The lowest BCUT2D eigenvalue weighted by atomic mass is 9.93. The number of rotatable bonds is 3. The maximum atomic E-state index is 13.2. The van der Waals surface area contributed by atoms with Crippen LogP contribution in [0.15, 0.2) is 71.6 Å². The number of aryl methyl sites for hydroxylation is 4. The molecule has 0 saturated carbocycles. The van der Waals surface area contributed by atoms with E-state index < -0.39 is 10.0 Å². The van der Waals surface area contributed by atoms with Crippen LogP contribution in [0.5, 0.6) is 0 Å².